The SMILES string of the molecule is CCOP1(=O)Oc2cc(OC)c(OC)cc2-c2ccccc21. The van der Waals surface area contributed by atoms with Crippen molar-refractivity contribution in [3.8, 4) is 28.4 Å². The van der Waals surface area contributed by atoms with Crippen molar-refractivity contribution in [2.45, 2.75) is 6.92 Å². The summed E-state index contributed by atoms with van der Waals surface area (Å²) in [5.41, 5.74) is 1.63. The Morgan fingerprint density at radius 1 is 1.05 bits per heavy atom. The standard InChI is InChI=1S/C16H17O5P/c1-4-20-22(17)16-8-6-5-7-11(16)12-9-14(18-2)15(19-3)10-13(12)21-22/h5-10H,4H2,1-3H3. The first-order valence-electron chi connectivity index (χ1n) is 6.93. The van der Waals surface area contributed by atoms with Gasteiger partial charge in [0.25, 0.3) is 0 Å². The summed E-state index contributed by atoms with van der Waals surface area (Å²) >= 11 is 0. The van der Waals surface area contributed by atoms with Crippen molar-refractivity contribution in [1.29, 1.82) is 0 Å². The third-order valence-electron chi connectivity index (χ3n) is 3.49. The molecule has 1 aliphatic rings. The van der Waals surface area contributed by atoms with Crippen molar-refractivity contribution in [2.75, 3.05) is 20.8 Å². The van der Waals surface area contributed by atoms with Gasteiger partial charge >= 0.3 is 7.60 Å². The smallest absolute Gasteiger partial charge is 0.411 e. The fourth-order valence-corrected chi connectivity index (χ4v) is 4.33. The third kappa shape index (κ3) is 2.27. The van der Waals surface area contributed by atoms with Crippen LogP contribution in [-0.4, -0.2) is 20.8 Å². The van der Waals surface area contributed by atoms with Crippen LogP contribution in [0.25, 0.3) is 11.1 Å². The van der Waals surface area contributed by atoms with Gasteiger partial charge in [-0.2, -0.15) is 0 Å². The Labute approximate surface area is 129 Å². The summed E-state index contributed by atoms with van der Waals surface area (Å²) in [6.07, 6.45) is 0. The van der Waals surface area contributed by atoms with E-state index in [9.17, 15) is 4.57 Å². The Morgan fingerprint density at radius 3 is 2.41 bits per heavy atom. The Bertz CT molecular complexity index is 756. The van der Waals surface area contributed by atoms with E-state index in [1.54, 1.807) is 33.3 Å². The lowest BCUT2D eigenvalue weighted by Gasteiger charge is -2.28. The molecule has 0 amide bonds. The molecule has 116 valence electrons. The first-order chi connectivity index (χ1) is 10.6. The van der Waals surface area contributed by atoms with Gasteiger partial charge in [-0.15, -0.1) is 0 Å². The molecule has 0 N–H and O–H groups in total. The van der Waals surface area contributed by atoms with Gasteiger partial charge in [-0.1, -0.05) is 18.2 Å². The maximum Gasteiger partial charge on any atom is 0.411 e. The lowest BCUT2D eigenvalue weighted by molar-refractivity contribution is 0.287. The largest absolute Gasteiger partial charge is 0.493 e. The van der Waals surface area contributed by atoms with Crippen molar-refractivity contribution < 1.29 is 23.1 Å². The molecule has 22 heavy (non-hydrogen) atoms. The van der Waals surface area contributed by atoms with Gasteiger partial charge in [-0.25, -0.2) is 4.57 Å². The summed E-state index contributed by atoms with van der Waals surface area (Å²) in [7, 11) is -0.267. The van der Waals surface area contributed by atoms with E-state index in [-0.39, 0.29) is 0 Å². The molecule has 0 radical (unpaired) electrons. The quantitative estimate of drug-likeness (QED) is 0.805. The molecule has 1 heterocycles. The van der Waals surface area contributed by atoms with Crippen LogP contribution in [0, 0.1) is 0 Å². The number of hydrogen-bond acceptors (Lipinski definition) is 5. The highest BCUT2D eigenvalue weighted by atomic mass is 31.2. The predicted octanol–water partition coefficient (Wildman–Crippen LogP) is 3.62. The summed E-state index contributed by atoms with van der Waals surface area (Å²) < 4.78 is 34.8. The molecule has 0 aromatic heterocycles. The molecule has 0 aliphatic carbocycles. The normalized spacial score (nSPS) is 18.9. The second kappa shape index (κ2) is 5.67. The van der Waals surface area contributed by atoms with Gasteiger partial charge in [0.1, 0.15) is 5.75 Å². The molecule has 0 bridgehead atoms. The third-order valence-corrected chi connectivity index (χ3v) is 5.51. The number of rotatable bonds is 4. The minimum Gasteiger partial charge on any atom is -0.493 e. The molecule has 6 heteroatoms. The minimum atomic E-state index is -3.39. The summed E-state index contributed by atoms with van der Waals surface area (Å²) in [5.74, 6) is 1.57. The number of ether oxygens (including phenoxy) is 2. The Balaban J connectivity index is 2.25. The summed E-state index contributed by atoms with van der Waals surface area (Å²) in [6.45, 7) is 2.09. The van der Waals surface area contributed by atoms with E-state index in [0.717, 1.165) is 11.1 Å². The molecule has 0 saturated heterocycles. The Morgan fingerprint density at radius 2 is 1.73 bits per heavy atom. The van der Waals surface area contributed by atoms with Crippen LogP contribution in [0.5, 0.6) is 17.2 Å². The molecule has 2 aromatic carbocycles. The van der Waals surface area contributed by atoms with Gasteiger partial charge in [-0.05, 0) is 19.1 Å². The predicted molar refractivity (Wildman–Crippen MR) is 84.5 cm³/mol. The van der Waals surface area contributed by atoms with Crippen molar-refractivity contribution in [2.24, 2.45) is 0 Å². The second-order valence-electron chi connectivity index (χ2n) is 4.73. The van der Waals surface area contributed by atoms with E-state index >= 15 is 0 Å². The van der Waals surface area contributed by atoms with Crippen molar-refractivity contribution >= 4 is 12.9 Å². The van der Waals surface area contributed by atoms with Gasteiger partial charge < -0.3 is 14.0 Å². The molecule has 2 aromatic rings. The summed E-state index contributed by atoms with van der Waals surface area (Å²) in [4.78, 5) is 0. The van der Waals surface area contributed by atoms with Crippen LogP contribution in [0.3, 0.4) is 0 Å². The highest BCUT2D eigenvalue weighted by molar-refractivity contribution is 7.63. The summed E-state index contributed by atoms with van der Waals surface area (Å²) in [5, 5.41) is 0.566. The highest BCUT2D eigenvalue weighted by Gasteiger charge is 2.37. The number of fused-ring (bicyclic) bond motifs is 3. The Hall–Kier alpha value is -1.97. The van der Waals surface area contributed by atoms with E-state index < -0.39 is 7.60 Å². The molecule has 0 spiro atoms. The molecule has 5 nitrogen and oxygen atoms in total. The maximum absolute atomic E-state index is 13.1. The molecular weight excluding hydrogens is 303 g/mol. The molecule has 1 unspecified atom stereocenters. The van der Waals surface area contributed by atoms with Crippen LogP contribution >= 0.6 is 7.60 Å². The molecule has 3 rings (SSSR count). The van der Waals surface area contributed by atoms with Crippen molar-refractivity contribution in [3.63, 3.8) is 0 Å². The lowest BCUT2D eigenvalue weighted by Crippen LogP contribution is -2.19. The average Bonchev–Trinajstić information content (AvgIpc) is 2.54. The van der Waals surface area contributed by atoms with Crippen LogP contribution in [0.15, 0.2) is 36.4 Å². The van der Waals surface area contributed by atoms with E-state index in [1.807, 2.05) is 24.3 Å². The Kier molecular flexibility index (Phi) is 3.85. The van der Waals surface area contributed by atoms with Crippen molar-refractivity contribution in [1.82, 2.24) is 0 Å². The molecule has 1 atom stereocenters. The molecule has 1 aliphatic heterocycles. The van der Waals surface area contributed by atoms with E-state index in [1.165, 1.54) is 0 Å². The van der Waals surface area contributed by atoms with Crippen LogP contribution < -0.4 is 19.3 Å². The monoisotopic (exact) mass is 320 g/mol. The molecular formula is C16H17O5P. The van der Waals surface area contributed by atoms with E-state index in [0.29, 0.717) is 29.2 Å². The van der Waals surface area contributed by atoms with Crippen LogP contribution in [0.2, 0.25) is 0 Å². The van der Waals surface area contributed by atoms with E-state index in [4.69, 9.17) is 18.5 Å². The van der Waals surface area contributed by atoms with Gasteiger partial charge in [0.2, 0.25) is 0 Å². The lowest BCUT2D eigenvalue weighted by atomic mass is 10.0. The first kappa shape index (κ1) is 14.9. The zero-order chi connectivity index (χ0) is 15.7. The first-order valence-corrected chi connectivity index (χ1v) is 8.47. The van der Waals surface area contributed by atoms with Gasteiger partial charge in [-0.3, -0.25) is 4.52 Å². The zero-order valence-corrected chi connectivity index (χ0v) is 13.6. The number of methoxy groups -OCH3 is 2. The highest BCUT2D eigenvalue weighted by Crippen LogP contribution is 2.56. The second-order valence-corrected chi connectivity index (χ2v) is 6.64. The maximum atomic E-state index is 13.1. The van der Waals surface area contributed by atoms with Crippen LogP contribution in [-0.2, 0) is 9.09 Å². The zero-order valence-electron chi connectivity index (χ0n) is 12.7. The fourth-order valence-electron chi connectivity index (χ4n) is 2.53. The minimum absolute atomic E-state index is 0.300. The molecule has 0 fully saturated rings. The number of hydrogen-bond donors (Lipinski definition) is 0. The number of benzene rings is 2. The van der Waals surface area contributed by atoms with Gasteiger partial charge in [0.15, 0.2) is 11.5 Å². The summed E-state index contributed by atoms with van der Waals surface area (Å²) in [6, 6.07) is 10.9. The van der Waals surface area contributed by atoms with Crippen LogP contribution in [0.1, 0.15) is 6.92 Å². The van der Waals surface area contributed by atoms with Crippen LogP contribution in [0.4, 0.5) is 0 Å². The van der Waals surface area contributed by atoms with Gasteiger partial charge in [0, 0.05) is 17.2 Å². The molecule has 0 saturated carbocycles. The van der Waals surface area contributed by atoms with E-state index in [2.05, 4.69) is 0 Å². The average molecular weight is 320 g/mol. The van der Waals surface area contributed by atoms with Gasteiger partial charge in [0.05, 0.1) is 26.1 Å². The topological polar surface area (TPSA) is 54.0 Å². The van der Waals surface area contributed by atoms with Crippen molar-refractivity contribution in [3.05, 3.63) is 36.4 Å². The fraction of sp³-hybridized carbons (Fsp3) is 0.250.